The summed E-state index contributed by atoms with van der Waals surface area (Å²) < 4.78 is 7.10. The molecule has 1 saturated heterocycles. The van der Waals surface area contributed by atoms with Crippen LogP contribution in [-0.4, -0.2) is 41.9 Å². The van der Waals surface area contributed by atoms with Gasteiger partial charge in [0.1, 0.15) is 11.4 Å². The van der Waals surface area contributed by atoms with Gasteiger partial charge in [-0.05, 0) is 50.2 Å². The lowest BCUT2D eigenvalue weighted by Crippen LogP contribution is -2.42. The van der Waals surface area contributed by atoms with Crippen molar-refractivity contribution in [2.24, 2.45) is 0 Å². The Morgan fingerprint density at radius 2 is 1.90 bits per heavy atom. The Kier molecular flexibility index (Phi) is 6.90. The molecule has 1 fully saturated rings. The molecule has 0 spiro atoms. The molecule has 0 atom stereocenters. The van der Waals surface area contributed by atoms with Gasteiger partial charge in [-0.3, -0.25) is 4.79 Å². The predicted octanol–water partition coefficient (Wildman–Crippen LogP) is 3.45. The standard InChI is InChI=1S/C22H24N4O2.ClH/c1-28-19-9-5-6-16(14-19)21-20(22(27)24-17-10-12-23-13-11-17)15-26(25-21)18-7-3-2-4-8-18;/h2-9,14-15,17,23H,10-13H2,1H3,(H,24,27);1H. The van der Waals surface area contributed by atoms with E-state index in [4.69, 9.17) is 9.84 Å². The van der Waals surface area contributed by atoms with E-state index in [-0.39, 0.29) is 24.4 Å². The molecular formula is C22H25ClN4O2. The van der Waals surface area contributed by atoms with Crippen LogP contribution in [0.25, 0.3) is 16.9 Å². The second-order valence-corrected chi connectivity index (χ2v) is 6.90. The number of nitrogens with one attached hydrogen (secondary N) is 2. The summed E-state index contributed by atoms with van der Waals surface area (Å²) in [7, 11) is 1.63. The first kappa shape index (κ1) is 20.9. The first-order valence-corrected chi connectivity index (χ1v) is 9.55. The van der Waals surface area contributed by atoms with E-state index in [0.29, 0.717) is 11.3 Å². The number of carbonyl (C=O) groups is 1. The van der Waals surface area contributed by atoms with E-state index < -0.39 is 0 Å². The number of rotatable bonds is 5. The summed E-state index contributed by atoms with van der Waals surface area (Å²) in [6.45, 7) is 1.86. The molecule has 3 aromatic rings. The topological polar surface area (TPSA) is 68.2 Å². The molecule has 2 heterocycles. The Bertz CT molecular complexity index is 952. The lowest BCUT2D eigenvalue weighted by Gasteiger charge is -2.23. The van der Waals surface area contributed by atoms with Crippen molar-refractivity contribution in [2.45, 2.75) is 18.9 Å². The molecule has 0 radical (unpaired) electrons. The average molecular weight is 413 g/mol. The van der Waals surface area contributed by atoms with Crippen molar-refractivity contribution in [3.05, 3.63) is 66.4 Å². The zero-order chi connectivity index (χ0) is 19.3. The molecule has 6 nitrogen and oxygen atoms in total. The Morgan fingerprint density at radius 3 is 2.62 bits per heavy atom. The minimum atomic E-state index is -0.0908. The summed E-state index contributed by atoms with van der Waals surface area (Å²) in [5.74, 6) is 0.642. The third-order valence-electron chi connectivity index (χ3n) is 5.00. The quantitative estimate of drug-likeness (QED) is 0.673. The minimum absolute atomic E-state index is 0. The molecule has 0 aliphatic carbocycles. The van der Waals surface area contributed by atoms with Crippen molar-refractivity contribution in [1.82, 2.24) is 20.4 Å². The van der Waals surface area contributed by atoms with Crippen LogP contribution in [0.15, 0.2) is 60.8 Å². The Balaban J connectivity index is 0.00000240. The maximum absolute atomic E-state index is 13.1. The van der Waals surface area contributed by atoms with E-state index in [1.54, 1.807) is 18.0 Å². The van der Waals surface area contributed by atoms with Gasteiger partial charge in [0.15, 0.2) is 0 Å². The van der Waals surface area contributed by atoms with Crippen molar-refractivity contribution in [1.29, 1.82) is 0 Å². The molecule has 0 saturated carbocycles. The summed E-state index contributed by atoms with van der Waals surface area (Å²) in [6.07, 6.45) is 3.68. The fraction of sp³-hybridized carbons (Fsp3) is 0.273. The van der Waals surface area contributed by atoms with Crippen LogP contribution in [0.3, 0.4) is 0 Å². The van der Waals surface area contributed by atoms with Gasteiger partial charge in [-0.1, -0.05) is 30.3 Å². The van der Waals surface area contributed by atoms with Crippen LogP contribution in [0.1, 0.15) is 23.2 Å². The van der Waals surface area contributed by atoms with E-state index in [1.807, 2.05) is 54.6 Å². The molecule has 29 heavy (non-hydrogen) atoms. The summed E-state index contributed by atoms with van der Waals surface area (Å²) in [5, 5.41) is 11.2. The monoisotopic (exact) mass is 412 g/mol. The lowest BCUT2D eigenvalue weighted by molar-refractivity contribution is 0.0930. The molecular weight excluding hydrogens is 388 g/mol. The van der Waals surface area contributed by atoms with Gasteiger partial charge in [0.2, 0.25) is 0 Å². The third-order valence-corrected chi connectivity index (χ3v) is 5.00. The highest BCUT2D eigenvalue weighted by Gasteiger charge is 2.22. The molecule has 1 aromatic heterocycles. The summed E-state index contributed by atoms with van der Waals surface area (Å²) in [4.78, 5) is 13.1. The van der Waals surface area contributed by atoms with Gasteiger partial charge in [0, 0.05) is 17.8 Å². The number of hydrogen-bond acceptors (Lipinski definition) is 4. The van der Waals surface area contributed by atoms with Gasteiger partial charge in [0.05, 0.1) is 18.4 Å². The van der Waals surface area contributed by atoms with E-state index in [0.717, 1.165) is 42.9 Å². The number of halogens is 1. The Morgan fingerprint density at radius 1 is 1.14 bits per heavy atom. The molecule has 2 aromatic carbocycles. The van der Waals surface area contributed by atoms with Crippen LogP contribution in [0.4, 0.5) is 0 Å². The van der Waals surface area contributed by atoms with Gasteiger partial charge in [0.25, 0.3) is 5.91 Å². The number of carbonyl (C=O) groups excluding carboxylic acids is 1. The SMILES string of the molecule is COc1cccc(-c2nn(-c3ccccc3)cc2C(=O)NC2CCNCC2)c1.Cl. The average Bonchev–Trinajstić information content (AvgIpc) is 3.21. The number of hydrogen-bond donors (Lipinski definition) is 2. The van der Waals surface area contributed by atoms with Crippen molar-refractivity contribution in [3.8, 4) is 22.7 Å². The highest BCUT2D eigenvalue weighted by Crippen LogP contribution is 2.27. The van der Waals surface area contributed by atoms with Crippen LogP contribution in [0.5, 0.6) is 5.75 Å². The Hall–Kier alpha value is -2.83. The maximum Gasteiger partial charge on any atom is 0.255 e. The highest BCUT2D eigenvalue weighted by atomic mass is 35.5. The predicted molar refractivity (Wildman–Crippen MR) is 116 cm³/mol. The van der Waals surface area contributed by atoms with Gasteiger partial charge in [-0.25, -0.2) is 4.68 Å². The van der Waals surface area contributed by atoms with Gasteiger partial charge in [-0.2, -0.15) is 5.10 Å². The van der Waals surface area contributed by atoms with Crippen LogP contribution in [0.2, 0.25) is 0 Å². The number of methoxy groups -OCH3 is 1. The summed E-state index contributed by atoms with van der Waals surface area (Å²) >= 11 is 0. The molecule has 0 bridgehead atoms. The zero-order valence-electron chi connectivity index (χ0n) is 16.3. The first-order valence-electron chi connectivity index (χ1n) is 9.55. The maximum atomic E-state index is 13.1. The van der Waals surface area contributed by atoms with E-state index in [1.165, 1.54) is 0 Å². The molecule has 1 aliphatic rings. The number of nitrogens with zero attached hydrogens (tertiary/aromatic N) is 2. The fourth-order valence-corrected chi connectivity index (χ4v) is 3.47. The molecule has 7 heteroatoms. The second-order valence-electron chi connectivity index (χ2n) is 6.90. The van der Waals surface area contributed by atoms with Crippen molar-refractivity contribution in [2.75, 3.05) is 20.2 Å². The van der Waals surface area contributed by atoms with Crippen molar-refractivity contribution >= 4 is 18.3 Å². The third kappa shape index (κ3) is 4.78. The van der Waals surface area contributed by atoms with E-state index in [9.17, 15) is 4.79 Å². The summed E-state index contributed by atoms with van der Waals surface area (Å²) in [6, 6.07) is 17.6. The van der Waals surface area contributed by atoms with E-state index in [2.05, 4.69) is 10.6 Å². The fourth-order valence-electron chi connectivity index (χ4n) is 3.47. The van der Waals surface area contributed by atoms with Gasteiger partial charge >= 0.3 is 0 Å². The molecule has 1 aliphatic heterocycles. The van der Waals surface area contributed by atoms with Crippen LogP contribution in [0, 0.1) is 0 Å². The number of piperidine rings is 1. The molecule has 4 rings (SSSR count). The van der Waals surface area contributed by atoms with Gasteiger partial charge < -0.3 is 15.4 Å². The summed E-state index contributed by atoms with van der Waals surface area (Å²) in [5.41, 5.74) is 2.97. The number of aromatic nitrogens is 2. The normalized spacial score (nSPS) is 14.1. The van der Waals surface area contributed by atoms with Gasteiger partial charge in [-0.15, -0.1) is 12.4 Å². The molecule has 2 N–H and O–H groups in total. The zero-order valence-corrected chi connectivity index (χ0v) is 17.1. The number of benzene rings is 2. The highest BCUT2D eigenvalue weighted by molar-refractivity contribution is 6.00. The van der Waals surface area contributed by atoms with Crippen molar-refractivity contribution < 1.29 is 9.53 Å². The molecule has 0 unspecified atom stereocenters. The van der Waals surface area contributed by atoms with Crippen LogP contribution < -0.4 is 15.4 Å². The number of para-hydroxylation sites is 1. The Labute approximate surface area is 176 Å². The molecule has 1 amide bonds. The second kappa shape index (κ2) is 9.58. The van der Waals surface area contributed by atoms with Crippen molar-refractivity contribution in [3.63, 3.8) is 0 Å². The van der Waals surface area contributed by atoms with Crippen LogP contribution >= 0.6 is 12.4 Å². The van der Waals surface area contributed by atoms with Crippen LogP contribution in [-0.2, 0) is 0 Å². The first-order chi connectivity index (χ1) is 13.7. The number of ether oxygens (including phenoxy) is 1. The lowest BCUT2D eigenvalue weighted by atomic mass is 10.0. The number of amides is 1. The smallest absolute Gasteiger partial charge is 0.255 e. The minimum Gasteiger partial charge on any atom is -0.497 e. The molecule has 152 valence electrons. The largest absolute Gasteiger partial charge is 0.497 e. The van der Waals surface area contributed by atoms with E-state index >= 15 is 0 Å².